The number of primary amides is 1. The Morgan fingerprint density at radius 3 is 2.47 bits per heavy atom. The molecule has 0 atom stereocenters. The highest BCUT2D eigenvalue weighted by Gasteiger charge is 2.18. The van der Waals surface area contributed by atoms with Gasteiger partial charge in [-0.05, 0) is 49.1 Å². The Morgan fingerprint density at radius 1 is 1.14 bits per heavy atom. The van der Waals surface area contributed by atoms with Crippen molar-refractivity contribution in [3.05, 3.63) is 83.1 Å². The summed E-state index contributed by atoms with van der Waals surface area (Å²) in [4.78, 5) is 18.6. The molecule has 1 saturated heterocycles. The maximum Gasteiger partial charge on any atom is 0.252 e. The van der Waals surface area contributed by atoms with Crippen molar-refractivity contribution in [1.29, 1.82) is 0 Å². The number of aromatic nitrogens is 1. The molecule has 1 aromatic heterocycles. The minimum Gasteiger partial charge on any atom is -0.381 e. The molecule has 7 nitrogen and oxygen atoms in total. The second kappa shape index (κ2) is 11.9. The molecule has 9 heteroatoms. The molecule has 0 radical (unpaired) electrons. The summed E-state index contributed by atoms with van der Waals surface area (Å²) in [5.74, 6) is -1.57. The van der Waals surface area contributed by atoms with Crippen LogP contribution in [-0.4, -0.2) is 48.6 Å². The lowest BCUT2D eigenvalue weighted by Gasteiger charge is -2.31. The van der Waals surface area contributed by atoms with Crippen LogP contribution in [-0.2, 0) is 17.7 Å². The van der Waals surface area contributed by atoms with Gasteiger partial charge in [-0.3, -0.25) is 4.79 Å². The van der Waals surface area contributed by atoms with Gasteiger partial charge in [0.2, 0.25) is 0 Å². The summed E-state index contributed by atoms with van der Waals surface area (Å²) in [6, 6.07) is 13.3. The van der Waals surface area contributed by atoms with E-state index in [-0.39, 0.29) is 17.7 Å². The summed E-state index contributed by atoms with van der Waals surface area (Å²) in [6.07, 6.45) is 4.84. The number of carbonyl (C=O) groups excluding carboxylic acids is 1. The number of pyridine rings is 1. The first-order valence-corrected chi connectivity index (χ1v) is 12.0. The Labute approximate surface area is 209 Å². The zero-order chi connectivity index (χ0) is 25.5. The number of amides is 1. The number of ether oxygens (including phenoxy) is 1. The molecule has 0 bridgehead atoms. The topological polar surface area (TPSA) is 92.5 Å². The van der Waals surface area contributed by atoms with Crippen LogP contribution in [0.25, 0.3) is 0 Å². The van der Waals surface area contributed by atoms with Crippen LogP contribution in [0, 0.1) is 11.6 Å². The number of nitrogens with two attached hydrogens (primary N) is 1. The normalized spacial score (nSPS) is 14.5. The summed E-state index contributed by atoms with van der Waals surface area (Å²) in [7, 11) is 1.78. The van der Waals surface area contributed by atoms with Crippen LogP contribution in [0.5, 0.6) is 0 Å². The van der Waals surface area contributed by atoms with Crippen LogP contribution in [0.15, 0.2) is 54.7 Å². The lowest BCUT2D eigenvalue weighted by molar-refractivity contribution is 0.0415. The standard InChI is InChI=1S/C27H31F2N5O2/c1-36-20-10-13-34(14-11-20)12-9-18-5-7-19(8-6-18)33-26-15-25(22(17-32-26)27(30)35)31-16-21-23(28)3-2-4-24(21)29/h2-8,15,17,20H,9-14,16H2,1H3,(H2,30,35)(H2,31,32,33). The molecule has 1 amide bonds. The van der Waals surface area contributed by atoms with Gasteiger partial charge in [-0.2, -0.15) is 0 Å². The maximum absolute atomic E-state index is 14.0. The third kappa shape index (κ3) is 6.56. The van der Waals surface area contributed by atoms with Gasteiger partial charge in [-0.25, -0.2) is 13.8 Å². The van der Waals surface area contributed by atoms with E-state index in [1.807, 2.05) is 12.1 Å². The quantitative estimate of drug-likeness (QED) is 0.385. The predicted molar refractivity (Wildman–Crippen MR) is 136 cm³/mol. The Hall–Kier alpha value is -3.56. The van der Waals surface area contributed by atoms with Crippen molar-refractivity contribution in [2.24, 2.45) is 5.73 Å². The number of piperidine rings is 1. The van der Waals surface area contributed by atoms with E-state index >= 15 is 0 Å². The van der Waals surface area contributed by atoms with Crippen LogP contribution in [0.2, 0.25) is 0 Å². The molecule has 36 heavy (non-hydrogen) atoms. The van der Waals surface area contributed by atoms with Crippen molar-refractivity contribution in [3.63, 3.8) is 0 Å². The van der Waals surface area contributed by atoms with Crippen molar-refractivity contribution >= 4 is 23.1 Å². The average molecular weight is 496 g/mol. The van der Waals surface area contributed by atoms with Gasteiger partial charge in [0.1, 0.15) is 17.5 Å². The first-order chi connectivity index (χ1) is 17.4. The van der Waals surface area contributed by atoms with Crippen molar-refractivity contribution in [2.75, 3.05) is 37.4 Å². The van der Waals surface area contributed by atoms with Crippen LogP contribution < -0.4 is 16.4 Å². The summed E-state index contributed by atoms with van der Waals surface area (Å²) in [5.41, 5.74) is 7.85. The molecular weight excluding hydrogens is 464 g/mol. The maximum atomic E-state index is 14.0. The molecular formula is C27H31F2N5O2. The SMILES string of the molecule is COC1CCN(CCc2ccc(Nc3cc(NCc4c(F)cccc4F)c(C(N)=O)cn3)cc2)CC1. The summed E-state index contributed by atoms with van der Waals surface area (Å²) in [6.45, 7) is 2.98. The van der Waals surface area contributed by atoms with Gasteiger partial charge in [-0.15, -0.1) is 0 Å². The highest BCUT2D eigenvalue weighted by molar-refractivity contribution is 5.98. The van der Waals surface area contributed by atoms with Gasteiger partial charge in [0.15, 0.2) is 0 Å². The minimum absolute atomic E-state index is 0.127. The first kappa shape index (κ1) is 25.5. The molecule has 0 aliphatic carbocycles. The van der Waals surface area contributed by atoms with Gasteiger partial charge < -0.3 is 26.0 Å². The molecule has 4 rings (SSSR count). The van der Waals surface area contributed by atoms with Gasteiger partial charge in [-0.1, -0.05) is 18.2 Å². The van der Waals surface area contributed by atoms with E-state index in [1.54, 1.807) is 13.2 Å². The fourth-order valence-corrected chi connectivity index (χ4v) is 4.31. The number of hydrogen-bond acceptors (Lipinski definition) is 6. The van der Waals surface area contributed by atoms with Crippen LogP contribution in [0.4, 0.5) is 26.0 Å². The van der Waals surface area contributed by atoms with Gasteiger partial charge in [0.25, 0.3) is 5.91 Å². The minimum atomic E-state index is -0.693. The fraction of sp³-hybridized carbons (Fsp3) is 0.333. The number of nitrogens with zero attached hydrogens (tertiary/aromatic N) is 2. The Balaban J connectivity index is 1.38. The number of benzene rings is 2. The summed E-state index contributed by atoms with van der Waals surface area (Å²) >= 11 is 0. The summed E-state index contributed by atoms with van der Waals surface area (Å²) < 4.78 is 33.4. The average Bonchev–Trinajstić information content (AvgIpc) is 2.88. The number of carbonyl (C=O) groups is 1. The molecule has 2 aromatic carbocycles. The predicted octanol–water partition coefficient (Wildman–Crippen LogP) is 4.47. The third-order valence-corrected chi connectivity index (χ3v) is 6.50. The number of nitrogens with one attached hydrogen (secondary N) is 2. The Kier molecular flexibility index (Phi) is 8.45. The largest absolute Gasteiger partial charge is 0.381 e. The van der Waals surface area contributed by atoms with E-state index < -0.39 is 17.5 Å². The van der Waals surface area contributed by atoms with E-state index in [0.29, 0.717) is 17.6 Å². The monoisotopic (exact) mass is 495 g/mol. The highest BCUT2D eigenvalue weighted by atomic mass is 19.1. The molecule has 0 spiro atoms. The zero-order valence-corrected chi connectivity index (χ0v) is 20.3. The molecule has 0 unspecified atom stereocenters. The second-order valence-corrected chi connectivity index (χ2v) is 8.88. The number of rotatable bonds is 10. The van der Waals surface area contributed by atoms with E-state index in [0.717, 1.165) is 44.6 Å². The van der Waals surface area contributed by atoms with Crippen LogP contribution in [0.1, 0.15) is 34.3 Å². The van der Waals surface area contributed by atoms with E-state index in [4.69, 9.17) is 10.5 Å². The molecule has 1 fully saturated rings. The number of likely N-dealkylation sites (tertiary alicyclic amines) is 1. The number of halogens is 2. The van der Waals surface area contributed by atoms with Gasteiger partial charge in [0.05, 0.1) is 17.4 Å². The lowest BCUT2D eigenvalue weighted by Crippen LogP contribution is -2.37. The molecule has 1 aliphatic rings. The van der Waals surface area contributed by atoms with E-state index in [1.165, 1.54) is 30.0 Å². The first-order valence-electron chi connectivity index (χ1n) is 12.0. The smallest absolute Gasteiger partial charge is 0.252 e. The van der Waals surface area contributed by atoms with Gasteiger partial charge >= 0.3 is 0 Å². The summed E-state index contributed by atoms with van der Waals surface area (Å²) in [5, 5.41) is 6.11. The number of methoxy groups -OCH3 is 1. The molecule has 1 aliphatic heterocycles. The van der Waals surface area contributed by atoms with Crippen LogP contribution in [0.3, 0.4) is 0 Å². The van der Waals surface area contributed by atoms with E-state index in [9.17, 15) is 13.6 Å². The van der Waals surface area contributed by atoms with Crippen LogP contribution >= 0.6 is 0 Å². The van der Waals surface area contributed by atoms with Crippen molar-refractivity contribution in [1.82, 2.24) is 9.88 Å². The molecule has 4 N–H and O–H groups in total. The fourth-order valence-electron chi connectivity index (χ4n) is 4.31. The van der Waals surface area contributed by atoms with E-state index in [2.05, 4.69) is 32.7 Å². The molecule has 3 aromatic rings. The van der Waals surface area contributed by atoms with Crippen molar-refractivity contribution in [3.8, 4) is 0 Å². The third-order valence-electron chi connectivity index (χ3n) is 6.50. The second-order valence-electron chi connectivity index (χ2n) is 8.88. The number of hydrogen-bond donors (Lipinski definition) is 3. The molecule has 190 valence electrons. The Bertz CT molecular complexity index is 1160. The lowest BCUT2D eigenvalue weighted by atomic mass is 10.1. The molecule has 2 heterocycles. The highest BCUT2D eigenvalue weighted by Crippen LogP contribution is 2.24. The number of anilines is 3. The molecule has 0 saturated carbocycles. The van der Waals surface area contributed by atoms with Crippen molar-refractivity contribution in [2.45, 2.75) is 31.9 Å². The Morgan fingerprint density at radius 2 is 1.83 bits per heavy atom. The zero-order valence-electron chi connectivity index (χ0n) is 20.3. The van der Waals surface area contributed by atoms with Crippen molar-refractivity contribution < 1.29 is 18.3 Å². The van der Waals surface area contributed by atoms with Gasteiger partial charge in [0, 0.05) is 56.8 Å².